The third-order valence-corrected chi connectivity index (χ3v) is 4.45. The topological polar surface area (TPSA) is 66.7 Å². The first kappa shape index (κ1) is 18.8. The van der Waals surface area contributed by atoms with Gasteiger partial charge < -0.3 is 5.32 Å². The summed E-state index contributed by atoms with van der Waals surface area (Å²) in [7, 11) is 1.84. The second-order valence-electron chi connectivity index (χ2n) is 7.01. The normalized spacial score (nSPS) is 11.1. The van der Waals surface area contributed by atoms with Gasteiger partial charge in [-0.2, -0.15) is 0 Å². The molecule has 3 aromatic rings. The fraction of sp³-hybridized carbons (Fsp3) is 0.286. The lowest BCUT2D eigenvalue weighted by Crippen LogP contribution is -2.31. The number of likely N-dealkylation sites (N-methyl/N-ethyl adjacent to an activating group) is 1. The highest BCUT2D eigenvalue weighted by Gasteiger charge is 2.12. The lowest BCUT2D eigenvalue weighted by Gasteiger charge is -2.17. The summed E-state index contributed by atoms with van der Waals surface area (Å²) < 4.78 is 1.53. The van der Waals surface area contributed by atoms with E-state index in [0.717, 1.165) is 22.4 Å². The van der Waals surface area contributed by atoms with E-state index in [4.69, 9.17) is 0 Å². The number of amides is 1. The number of carbonyl (C=O) groups is 1. The Bertz CT molecular complexity index is 1040. The minimum absolute atomic E-state index is 0.0944. The molecule has 0 radical (unpaired) electrons. The maximum atomic E-state index is 12.4. The van der Waals surface area contributed by atoms with E-state index in [1.165, 1.54) is 10.5 Å². The predicted molar refractivity (Wildman–Crippen MR) is 107 cm³/mol. The molecule has 140 valence electrons. The van der Waals surface area contributed by atoms with Gasteiger partial charge in [0.2, 0.25) is 5.91 Å². The van der Waals surface area contributed by atoms with Crippen molar-refractivity contribution in [2.24, 2.45) is 0 Å². The van der Waals surface area contributed by atoms with E-state index in [1.807, 2.05) is 63.1 Å². The average Bonchev–Trinajstić information content (AvgIpc) is 2.59. The SMILES string of the molecule is Cc1ccc2nc(CN(C)CC(=O)Nc3c(C)cccc3C)cc(=O)n2c1. The van der Waals surface area contributed by atoms with Gasteiger partial charge in [-0.15, -0.1) is 0 Å². The van der Waals surface area contributed by atoms with Gasteiger partial charge in [0.25, 0.3) is 5.56 Å². The fourth-order valence-electron chi connectivity index (χ4n) is 3.11. The number of para-hydroxylation sites is 1. The molecule has 0 atom stereocenters. The number of pyridine rings is 1. The maximum Gasteiger partial charge on any atom is 0.258 e. The monoisotopic (exact) mass is 364 g/mol. The van der Waals surface area contributed by atoms with Gasteiger partial charge in [-0.3, -0.25) is 18.9 Å². The summed E-state index contributed by atoms with van der Waals surface area (Å²) in [5, 5.41) is 2.98. The molecule has 6 nitrogen and oxygen atoms in total. The highest BCUT2D eigenvalue weighted by atomic mass is 16.2. The van der Waals surface area contributed by atoms with Crippen molar-refractivity contribution in [3.8, 4) is 0 Å². The molecule has 0 aliphatic rings. The Kier molecular flexibility index (Phi) is 5.37. The zero-order chi connectivity index (χ0) is 19.6. The van der Waals surface area contributed by atoms with Gasteiger partial charge in [-0.05, 0) is 50.6 Å². The average molecular weight is 364 g/mol. The third-order valence-electron chi connectivity index (χ3n) is 4.45. The number of nitrogens with zero attached hydrogens (tertiary/aromatic N) is 3. The van der Waals surface area contributed by atoms with Crippen molar-refractivity contribution < 1.29 is 4.79 Å². The number of nitrogens with one attached hydrogen (secondary N) is 1. The fourth-order valence-corrected chi connectivity index (χ4v) is 3.11. The molecule has 0 aliphatic carbocycles. The summed E-state index contributed by atoms with van der Waals surface area (Å²) in [6.45, 7) is 6.51. The van der Waals surface area contributed by atoms with Crippen LogP contribution in [-0.4, -0.2) is 33.8 Å². The number of anilines is 1. The van der Waals surface area contributed by atoms with Crippen LogP contribution in [0, 0.1) is 20.8 Å². The molecular weight excluding hydrogens is 340 g/mol. The van der Waals surface area contributed by atoms with Gasteiger partial charge in [-0.1, -0.05) is 24.3 Å². The summed E-state index contributed by atoms with van der Waals surface area (Å²) in [5.74, 6) is -0.0944. The highest BCUT2D eigenvalue weighted by Crippen LogP contribution is 2.19. The molecule has 0 saturated heterocycles. The molecule has 0 unspecified atom stereocenters. The van der Waals surface area contributed by atoms with Crippen LogP contribution in [-0.2, 0) is 11.3 Å². The summed E-state index contributed by atoms with van der Waals surface area (Å²) in [4.78, 5) is 31.1. The molecule has 0 bridgehead atoms. The van der Waals surface area contributed by atoms with E-state index in [9.17, 15) is 9.59 Å². The van der Waals surface area contributed by atoms with Gasteiger partial charge in [0.05, 0.1) is 12.2 Å². The summed E-state index contributed by atoms with van der Waals surface area (Å²) in [6, 6.07) is 11.2. The number of rotatable bonds is 5. The number of hydrogen-bond acceptors (Lipinski definition) is 4. The Labute approximate surface area is 158 Å². The Morgan fingerprint density at radius 2 is 1.85 bits per heavy atom. The van der Waals surface area contributed by atoms with Gasteiger partial charge in [0.1, 0.15) is 5.65 Å². The second kappa shape index (κ2) is 7.72. The molecule has 3 rings (SSSR count). The van der Waals surface area contributed by atoms with Crippen molar-refractivity contribution in [2.45, 2.75) is 27.3 Å². The summed E-state index contributed by atoms with van der Waals surface area (Å²) in [5.41, 5.74) is 5.05. The molecule has 2 aromatic heterocycles. The number of aromatic nitrogens is 2. The quantitative estimate of drug-likeness (QED) is 0.756. The van der Waals surface area contributed by atoms with Crippen LogP contribution in [0.4, 0.5) is 5.69 Å². The number of aryl methyl sites for hydroxylation is 3. The van der Waals surface area contributed by atoms with Gasteiger partial charge >= 0.3 is 0 Å². The number of benzene rings is 1. The van der Waals surface area contributed by atoms with Crippen molar-refractivity contribution in [3.05, 3.63) is 75.3 Å². The van der Waals surface area contributed by atoms with Crippen LogP contribution >= 0.6 is 0 Å². The minimum atomic E-state index is -0.118. The van der Waals surface area contributed by atoms with Crippen LogP contribution in [0.5, 0.6) is 0 Å². The van der Waals surface area contributed by atoms with E-state index in [0.29, 0.717) is 17.9 Å². The minimum Gasteiger partial charge on any atom is -0.324 e. The van der Waals surface area contributed by atoms with E-state index < -0.39 is 0 Å². The number of hydrogen-bond donors (Lipinski definition) is 1. The third kappa shape index (κ3) is 4.41. The van der Waals surface area contributed by atoms with Crippen LogP contribution in [0.1, 0.15) is 22.4 Å². The summed E-state index contributed by atoms with van der Waals surface area (Å²) in [6.07, 6.45) is 1.77. The molecule has 6 heteroatoms. The lowest BCUT2D eigenvalue weighted by atomic mass is 10.1. The zero-order valence-electron chi connectivity index (χ0n) is 16.1. The van der Waals surface area contributed by atoms with Crippen molar-refractivity contribution in [3.63, 3.8) is 0 Å². The summed E-state index contributed by atoms with van der Waals surface area (Å²) >= 11 is 0. The van der Waals surface area contributed by atoms with Crippen molar-refractivity contribution >= 4 is 17.2 Å². The van der Waals surface area contributed by atoms with Crippen LogP contribution in [0.25, 0.3) is 5.65 Å². The molecule has 0 fully saturated rings. The first-order valence-corrected chi connectivity index (χ1v) is 8.87. The molecule has 0 aliphatic heterocycles. The van der Waals surface area contributed by atoms with Crippen LogP contribution in [0.2, 0.25) is 0 Å². The van der Waals surface area contributed by atoms with Crippen LogP contribution in [0.15, 0.2) is 47.4 Å². The Morgan fingerprint density at radius 1 is 1.15 bits per heavy atom. The van der Waals surface area contributed by atoms with Crippen LogP contribution in [0.3, 0.4) is 0 Å². The van der Waals surface area contributed by atoms with Gasteiger partial charge in [0.15, 0.2) is 0 Å². The first-order chi connectivity index (χ1) is 12.8. The van der Waals surface area contributed by atoms with E-state index in [-0.39, 0.29) is 18.0 Å². The van der Waals surface area contributed by atoms with Crippen molar-refractivity contribution in [1.82, 2.24) is 14.3 Å². The Morgan fingerprint density at radius 3 is 2.56 bits per heavy atom. The maximum absolute atomic E-state index is 12.4. The Hall–Kier alpha value is -2.99. The van der Waals surface area contributed by atoms with Gasteiger partial charge in [0, 0.05) is 24.5 Å². The molecule has 27 heavy (non-hydrogen) atoms. The highest BCUT2D eigenvalue weighted by molar-refractivity contribution is 5.93. The van der Waals surface area contributed by atoms with E-state index in [1.54, 1.807) is 6.20 Å². The second-order valence-corrected chi connectivity index (χ2v) is 7.01. The molecule has 0 saturated carbocycles. The van der Waals surface area contributed by atoms with E-state index in [2.05, 4.69) is 10.3 Å². The molecule has 1 aromatic carbocycles. The number of fused-ring (bicyclic) bond motifs is 1. The molecule has 2 heterocycles. The smallest absolute Gasteiger partial charge is 0.258 e. The lowest BCUT2D eigenvalue weighted by molar-refractivity contribution is -0.117. The zero-order valence-corrected chi connectivity index (χ0v) is 16.1. The predicted octanol–water partition coefficient (Wildman–Crippen LogP) is 2.69. The Balaban J connectivity index is 1.69. The molecule has 0 spiro atoms. The van der Waals surface area contributed by atoms with Crippen LogP contribution < -0.4 is 10.9 Å². The first-order valence-electron chi connectivity index (χ1n) is 8.87. The largest absolute Gasteiger partial charge is 0.324 e. The van der Waals surface area contributed by atoms with Crippen molar-refractivity contribution in [1.29, 1.82) is 0 Å². The number of carbonyl (C=O) groups excluding carboxylic acids is 1. The molecule has 1 amide bonds. The van der Waals surface area contributed by atoms with E-state index >= 15 is 0 Å². The van der Waals surface area contributed by atoms with Crippen molar-refractivity contribution in [2.75, 3.05) is 18.9 Å². The molecular formula is C21H24N4O2. The van der Waals surface area contributed by atoms with Gasteiger partial charge in [-0.25, -0.2) is 4.98 Å². The molecule has 1 N–H and O–H groups in total. The standard InChI is InChI=1S/C21H24N4O2/c1-14-8-9-18-22-17(10-20(27)25(18)11-14)12-24(4)13-19(26)23-21-15(2)6-5-7-16(21)3/h5-11H,12-13H2,1-4H3,(H,23,26).